The van der Waals surface area contributed by atoms with Crippen molar-refractivity contribution in [3.8, 4) is 5.75 Å². The van der Waals surface area contributed by atoms with Crippen LogP contribution in [-0.2, 0) is 21.0 Å². The molecule has 2 aromatic rings. The Morgan fingerprint density at radius 3 is 2.59 bits per heavy atom. The fourth-order valence-corrected chi connectivity index (χ4v) is 3.62. The largest absolute Gasteiger partial charge is 0.435 e. The van der Waals surface area contributed by atoms with Crippen molar-refractivity contribution in [3.05, 3.63) is 64.2 Å². The van der Waals surface area contributed by atoms with Crippen LogP contribution in [-0.4, -0.2) is 54.0 Å². The van der Waals surface area contributed by atoms with Crippen molar-refractivity contribution in [2.75, 3.05) is 13.7 Å². The highest BCUT2D eigenvalue weighted by molar-refractivity contribution is 6.30. The first-order valence-electron chi connectivity index (χ1n) is 10.2. The van der Waals surface area contributed by atoms with Gasteiger partial charge in [0.2, 0.25) is 5.91 Å². The third-order valence-corrected chi connectivity index (χ3v) is 5.40. The second kappa shape index (κ2) is 11.1. The second-order valence-corrected chi connectivity index (χ2v) is 7.85. The molecule has 2 aromatic carbocycles. The van der Waals surface area contributed by atoms with Crippen LogP contribution in [0.4, 0.5) is 8.78 Å². The average molecular weight is 497 g/mol. The summed E-state index contributed by atoms with van der Waals surface area (Å²) in [5, 5.41) is 16.9. The topological polar surface area (TPSA) is 126 Å². The van der Waals surface area contributed by atoms with E-state index >= 15 is 0 Å². The number of carbonyl (C=O) groups excluding carboxylic acids is 2. The summed E-state index contributed by atoms with van der Waals surface area (Å²) in [5.41, 5.74) is 7.18. The van der Waals surface area contributed by atoms with Gasteiger partial charge < -0.3 is 30.6 Å². The molecule has 1 aliphatic rings. The normalized spacial score (nSPS) is 16.6. The molecule has 1 heterocycles. The smallest absolute Gasteiger partial charge is 0.387 e. The van der Waals surface area contributed by atoms with E-state index in [1.807, 2.05) is 0 Å². The molecule has 4 N–H and O–H groups in total. The van der Waals surface area contributed by atoms with E-state index in [0.717, 1.165) is 17.7 Å². The van der Waals surface area contributed by atoms with Crippen molar-refractivity contribution in [2.24, 2.45) is 10.9 Å². The van der Waals surface area contributed by atoms with E-state index in [0.29, 0.717) is 12.0 Å². The number of carbonyl (C=O) groups is 2. The van der Waals surface area contributed by atoms with Crippen LogP contribution < -0.4 is 15.8 Å². The molecule has 0 radical (unpaired) electrons. The van der Waals surface area contributed by atoms with Crippen molar-refractivity contribution < 1.29 is 33.1 Å². The molecule has 1 saturated heterocycles. The Hall–Kier alpha value is -3.44. The number of ether oxygens (including phenoxy) is 1. The number of hydrogen-bond acceptors (Lipinski definition) is 6. The van der Waals surface area contributed by atoms with Gasteiger partial charge in [0.15, 0.2) is 11.9 Å². The first kappa shape index (κ1) is 25.2. The number of halogens is 3. The van der Waals surface area contributed by atoms with Gasteiger partial charge >= 0.3 is 6.61 Å². The molecule has 3 rings (SSSR count). The number of nitrogens with two attached hydrogens (primary N) is 1. The molecular formula is C22H23ClF2N4O5. The quantitative estimate of drug-likeness (QED) is 0.277. The maximum absolute atomic E-state index is 12.7. The van der Waals surface area contributed by atoms with Gasteiger partial charge in [-0.2, -0.15) is 8.78 Å². The first-order valence-corrected chi connectivity index (χ1v) is 10.5. The minimum atomic E-state index is -3.09. The number of benzene rings is 2. The van der Waals surface area contributed by atoms with E-state index in [1.54, 1.807) is 24.3 Å². The minimum Gasteiger partial charge on any atom is -0.435 e. The standard InChI is InChI=1S/C22H23ClF2N4O5/c1-33-28-19(26)13-4-2-12(3-5-13)11-27-20(31)17-6-7-29(17)21(32)18(30)14-8-15(23)10-16(9-14)34-22(24)25/h2-5,8-10,17-18,22,30H,6-7,11H2,1H3,(H2,26,28)(H,27,31)/t17-,18+/m0/s1. The van der Waals surface area contributed by atoms with Gasteiger partial charge in [-0.1, -0.05) is 41.0 Å². The summed E-state index contributed by atoms with van der Waals surface area (Å²) in [7, 11) is 1.39. The number of amidine groups is 1. The molecule has 2 amide bonds. The number of alkyl halides is 2. The number of nitrogens with one attached hydrogen (secondary N) is 1. The minimum absolute atomic E-state index is 0.0131. The lowest BCUT2D eigenvalue weighted by Gasteiger charge is -2.40. The summed E-state index contributed by atoms with van der Waals surface area (Å²) in [4.78, 5) is 31.2. The number of likely N-dealkylation sites (tertiary alicyclic amines) is 1. The van der Waals surface area contributed by atoms with Gasteiger partial charge in [-0.15, -0.1) is 0 Å². The highest BCUT2D eigenvalue weighted by Gasteiger charge is 2.40. The van der Waals surface area contributed by atoms with E-state index in [9.17, 15) is 23.5 Å². The molecule has 0 aliphatic carbocycles. The zero-order valence-electron chi connectivity index (χ0n) is 18.1. The van der Waals surface area contributed by atoms with Crippen LogP contribution in [0, 0.1) is 0 Å². The third kappa shape index (κ3) is 6.12. The second-order valence-electron chi connectivity index (χ2n) is 7.41. The number of hydrogen-bond donors (Lipinski definition) is 3. The monoisotopic (exact) mass is 496 g/mol. The average Bonchev–Trinajstić information content (AvgIpc) is 2.76. The van der Waals surface area contributed by atoms with Crippen molar-refractivity contribution in [1.29, 1.82) is 0 Å². The zero-order valence-corrected chi connectivity index (χ0v) is 18.8. The molecule has 12 heteroatoms. The lowest BCUT2D eigenvalue weighted by atomic mass is 9.98. The number of nitrogens with zero attached hydrogens (tertiary/aromatic N) is 2. The Morgan fingerprint density at radius 1 is 1.29 bits per heavy atom. The molecule has 2 atom stereocenters. The van der Waals surface area contributed by atoms with Gasteiger partial charge in [0.05, 0.1) is 0 Å². The Labute approximate surface area is 199 Å². The van der Waals surface area contributed by atoms with Crippen LogP contribution in [0.5, 0.6) is 5.75 Å². The molecule has 0 bridgehead atoms. The van der Waals surface area contributed by atoms with Gasteiger partial charge in [-0.25, -0.2) is 0 Å². The van der Waals surface area contributed by atoms with Crippen LogP contribution in [0.3, 0.4) is 0 Å². The molecule has 0 aromatic heterocycles. The van der Waals surface area contributed by atoms with Crippen LogP contribution in [0.2, 0.25) is 5.02 Å². The number of amides is 2. The zero-order chi connectivity index (χ0) is 24.8. The summed E-state index contributed by atoms with van der Waals surface area (Å²) in [6.07, 6.45) is -1.27. The van der Waals surface area contributed by atoms with Crippen molar-refractivity contribution in [2.45, 2.75) is 31.7 Å². The highest BCUT2D eigenvalue weighted by atomic mass is 35.5. The number of rotatable bonds is 9. The maximum Gasteiger partial charge on any atom is 0.387 e. The molecule has 182 valence electrons. The molecule has 0 spiro atoms. The molecule has 0 unspecified atom stereocenters. The molecule has 1 aliphatic heterocycles. The van der Waals surface area contributed by atoms with Crippen LogP contribution >= 0.6 is 11.6 Å². The molecule has 0 saturated carbocycles. The summed E-state index contributed by atoms with van der Waals surface area (Å²) < 4.78 is 29.3. The van der Waals surface area contributed by atoms with Crippen LogP contribution in [0.15, 0.2) is 47.6 Å². The maximum atomic E-state index is 12.7. The van der Waals surface area contributed by atoms with Gasteiger partial charge in [0.1, 0.15) is 18.9 Å². The molecule has 1 fully saturated rings. The fourth-order valence-electron chi connectivity index (χ4n) is 3.39. The number of aliphatic hydroxyl groups excluding tert-OH is 1. The van der Waals surface area contributed by atoms with Gasteiger partial charge in [-0.05, 0) is 35.7 Å². The van der Waals surface area contributed by atoms with Crippen molar-refractivity contribution in [1.82, 2.24) is 10.2 Å². The van der Waals surface area contributed by atoms with E-state index in [4.69, 9.17) is 17.3 Å². The summed E-state index contributed by atoms with van der Waals surface area (Å²) in [5.74, 6) is -1.20. The van der Waals surface area contributed by atoms with Crippen molar-refractivity contribution in [3.63, 3.8) is 0 Å². The van der Waals surface area contributed by atoms with Gasteiger partial charge in [-0.3, -0.25) is 9.59 Å². The first-order chi connectivity index (χ1) is 16.2. The van der Waals surface area contributed by atoms with E-state index in [-0.39, 0.29) is 41.2 Å². The van der Waals surface area contributed by atoms with Crippen LogP contribution in [0.1, 0.15) is 29.2 Å². The molecular weight excluding hydrogens is 474 g/mol. The number of aliphatic hydroxyl groups is 1. The summed E-state index contributed by atoms with van der Waals surface area (Å²) in [6.45, 7) is -2.61. The van der Waals surface area contributed by atoms with Crippen molar-refractivity contribution >= 4 is 29.3 Å². The third-order valence-electron chi connectivity index (χ3n) is 5.18. The van der Waals surface area contributed by atoms with Gasteiger partial charge in [0, 0.05) is 23.7 Å². The van der Waals surface area contributed by atoms with Crippen LogP contribution in [0.25, 0.3) is 0 Å². The molecule has 34 heavy (non-hydrogen) atoms. The molecule has 9 nitrogen and oxygen atoms in total. The summed E-state index contributed by atoms with van der Waals surface area (Å²) in [6, 6.07) is 9.73. The summed E-state index contributed by atoms with van der Waals surface area (Å²) >= 11 is 5.89. The Balaban J connectivity index is 1.59. The predicted molar refractivity (Wildman–Crippen MR) is 119 cm³/mol. The van der Waals surface area contributed by atoms with E-state index in [2.05, 4.69) is 20.0 Å². The van der Waals surface area contributed by atoms with E-state index < -0.39 is 24.7 Å². The SMILES string of the molecule is CO/N=C(\N)c1ccc(CNC(=O)[C@@H]2CCN2C(=O)[C@H](O)c2cc(Cl)cc(OC(F)F)c2)cc1. The Kier molecular flexibility index (Phi) is 8.24. The Bertz CT molecular complexity index is 1070. The lowest BCUT2D eigenvalue weighted by molar-refractivity contribution is -0.154. The number of oxime groups is 1. The lowest BCUT2D eigenvalue weighted by Crippen LogP contribution is -2.59. The highest BCUT2D eigenvalue weighted by Crippen LogP contribution is 2.29. The van der Waals surface area contributed by atoms with E-state index in [1.165, 1.54) is 18.1 Å². The Morgan fingerprint density at radius 2 is 2.00 bits per heavy atom. The van der Waals surface area contributed by atoms with Gasteiger partial charge in [0.25, 0.3) is 5.91 Å². The fraction of sp³-hybridized carbons (Fsp3) is 0.318. The predicted octanol–water partition coefficient (Wildman–Crippen LogP) is 2.16.